The van der Waals surface area contributed by atoms with Crippen molar-refractivity contribution < 1.29 is 18.4 Å². The Bertz CT molecular complexity index is 746. The van der Waals surface area contributed by atoms with Crippen molar-refractivity contribution in [1.29, 1.82) is 0 Å². The molecule has 0 saturated heterocycles. The summed E-state index contributed by atoms with van der Waals surface area (Å²) in [4.78, 5) is 27.6. The third-order valence-corrected chi connectivity index (χ3v) is 3.25. The Balaban J connectivity index is 1.64. The van der Waals surface area contributed by atoms with Gasteiger partial charge < -0.3 is 5.32 Å². The van der Waals surface area contributed by atoms with Crippen molar-refractivity contribution in [2.24, 2.45) is 5.92 Å². The van der Waals surface area contributed by atoms with Crippen LogP contribution in [-0.2, 0) is 16.1 Å². The minimum Gasteiger partial charge on any atom is -0.326 e. The van der Waals surface area contributed by atoms with Gasteiger partial charge in [-0.25, -0.2) is 13.5 Å². The van der Waals surface area contributed by atoms with E-state index < -0.39 is 23.5 Å². The minimum atomic E-state index is -1.06. The number of fused-ring (bicyclic) bond motifs is 1. The number of hydrogen-bond donors (Lipinski definition) is 2. The maximum Gasteiger partial charge on any atom is 0.232 e. The SMILES string of the molecule is O=C(C[C@@H]1Cn2ncnc2NC1=O)Nc1ccc(F)c(F)c1. The molecule has 2 heterocycles. The maximum absolute atomic E-state index is 13.1. The number of benzene rings is 1. The number of nitrogens with zero attached hydrogens (tertiary/aromatic N) is 3. The molecule has 7 nitrogen and oxygen atoms in total. The molecule has 1 aliphatic rings. The maximum atomic E-state index is 13.1. The van der Waals surface area contributed by atoms with Gasteiger partial charge in [0, 0.05) is 18.2 Å². The second-order valence-corrected chi connectivity index (χ2v) is 4.83. The van der Waals surface area contributed by atoms with Crippen LogP contribution in [-0.4, -0.2) is 26.6 Å². The summed E-state index contributed by atoms with van der Waals surface area (Å²) in [6.07, 6.45) is 1.20. The highest BCUT2D eigenvalue weighted by Crippen LogP contribution is 2.19. The van der Waals surface area contributed by atoms with Crippen LogP contribution < -0.4 is 10.6 Å². The van der Waals surface area contributed by atoms with E-state index in [1.165, 1.54) is 17.1 Å². The average Bonchev–Trinajstić information content (AvgIpc) is 2.90. The van der Waals surface area contributed by atoms with E-state index >= 15 is 0 Å². The Kier molecular flexibility index (Phi) is 3.53. The minimum absolute atomic E-state index is 0.107. The van der Waals surface area contributed by atoms with E-state index in [0.717, 1.165) is 12.1 Å². The average molecular weight is 307 g/mol. The summed E-state index contributed by atoms with van der Waals surface area (Å²) >= 11 is 0. The Morgan fingerprint density at radius 3 is 3.00 bits per heavy atom. The molecule has 22 heavy (non-hydrogen) atoms. The van der Waals surface area contributed by atoms with Crippen LogP contribution in [0.1, 0.15) is 6.42 Å². The number of anilines is 2. The van der Waals surface area contributed by atoms with Gasteiger partial charge in [-0.15, -0.1) is 0 Å². The van der Waals surface area contributed by atoms with Gasteiger partial charge in [-0.2, -0.15) is 10.1 Å². The smallest absolute Gasteiger partial charge is 0.232 e. The van der Waals surface area contributed by atoms with E-state index in [0.29, 0.717) is 5.95 Å². The van der Waals surface area contributed by atoms with Gasteiger partial charge in [-0.3, -0.25) is 14.9 Å². The van der Waals surface area contributed by atoms with Crippen molar-refractivity contribution >= 4 is 23.5 Å². The zero-order valence-corrected chi connectivity index (χ0v) is 11.2. The summed E-state index contributed by atoms with van der Waals surface area (Å²) in [5.41, 5.74) is 0.126. The number of halogens is 2. The van der Waals surface area contributed by atoms with Crippen molar-refractivity contribution in [2.75, 3.05) is 10.6 Å². The van der Waals surface area contributed by atoms with Gasteiger partial charge in [0.05, 0.1) is 12.5 Å². The van der Waals surface area contributed by atoms with Gasteiger partial charge in [0.2, 0.25) is 17.8 Å². The molecular formula is C13H11F2N5O2. The molecule has 0 bridgehead atoms. The van der Waals surface area contributed by atoms with E-state index in [1.54, 1.807) is 0 Å². The number of aromatic nitrogens is 3. The quantitative estimate of drug-likeness (QED) is 0.890. The fraction of sp³-hybridized carbons (Fsp3) is 0.231. The number of carbonyl (C=O) groups excluding carboxylic acids is 2. The number of carbonyl (C=O) groups is 2. The van der Waals surface area contributed by atoms with E-state index in [1.807, 2.05) is 0 Å². The van der Waals surface area contributed by atoms with Crippen LogP contribution in [0.3, 0.4) is 0 Å². The molecule has 1 aliphatic heterocycles. The highest BCUT2D eigenvalue weighted by molar-refractivity contribution is 5.98. The second-order valence-electron chi connectivity index (χ2n) is 4.83. The van der Waals surface area contributed by atoms with Gasteiger partial charge >= 0.3 is 0 Å². The van der Waals surface area contributed by atoms with E-state index in [4.69, 9.17) is 0 Å². The van der Waals surface area contributed by atoms with E-state index in [2.05, 4.69) is 20.7 Å². The normalized spacial score (nSPS) is 16.8. The predicted octanol–water partition coefficient (Wildman–Crippen LogP) is 1.15. The lowest BCUT2D eigenvalue weighted by atomic mass is 10.0. The molecule has 1 aromatic heterocycles. The van der Waals surface area contributed by atoms with Gasteiger partial charge in [-0.1, -0.05) is 0 Å². The van der Waals surface area contributed by atoms with Crippen molar-refractivity contribution in [1.82, 2.24) is 14.8 Å². The first-order valence-corrected chi connectivity index (χ1v) is 6.46. The molecule has 0 unspecified atom stereocenters. The van der Waals surface area contributed by atoms with Crippen LogP contribution >= 0.6 is 0 Å². The zero-order valence-electron chi connectivity index (χ0n) is 11.2. The topological polar surface area (TPSA) is 88.9 Å². The van der Waals surface area contributed by atoms with Crippen molar-refractivity contribution in [3.8, 4) is 0 Å². The molecule has 0 spiro atoms. The van der Waals surface area contributed by atoms with Crippen LogP contribution in [0.15, 0.2) is 24.5 Å². The fourth-order valence-corrected chi connectivity index (χ4v) is 2.17. The van der Waals surface area contributed by atoms with Gasteiger partial charge in [0.1, 0.15) is 6.33 Å². The van der Waals surface area contributed by atoms with Gasteiger partial charge in [-0.05, 0) is 12.1 Å². The Morgan fingerprint density at radius 1 is 1.41 bits per heavy atom. The highest BCUT2D eigenvalue weighted by atomic mass is 19.2. The lowest BCUT2D eigenvalue weighted by Gasteiger charge is -2.21. The summed E-state index contributed by atoms with van der Waals surface area (Å²) < 4.78 is 27.4. The van der Waals surface area contributed by atoms with Gasteiger partial charge in [0.15, 0.2) is 11.6 Å². The summed E-state index contributed by atoms with van der Waals surface area (Å²) in [7, 11) is 0. The first-order valence-electron chi connectivity index (χ1n) is 6.46. The number of amides is 2. The van der Waals surface area contributed by atoms with Crippen molar-refractivity contribution in [3.05, 3.63) is 36.2 Å². The number of nitrogens with one attached hydrogen (secondary N) is 2. The Labute approximate surface area is 123 Å². The van der Waals surface area contributed by atoms with Crippen LogP contribution in [0.5, 0.6) is 0 Å². The summed E-state index contributed by atoms with van der Waals surface area (Å²) in [6.45, 7) is 0.229. The molecular weight excluding hydrogens is 296 g/mol. The van der Waals surface area contributed by atoms with E-state index in [9.17, 15) is 18.4 Å². The molecule has 3 rings (SSSR count). The van der Waals surface area contributed by atoms with Crippen LogP contribution in [0.4, 0.5) is 20.4 Å². The first-order chi connectivity index (χ1) is 10.5. The Morgan fingerprint density at radius 2 is 2.23 bits per heavy atom. The molecule has 2 N–H and O–H groups in total. The Hall–Kier alpha value is -2.84. The highest BCUT2D eigenvalue weighted by Gasteiger charge is 2.29. The lowest BCUT2D eigenvalue weighted by Crippen LogP contribution is -2.36. The third kappa shape index (κ3) is 2.78. The fourth-order valence-electron chi connectivity index (χ4n) is 2.17. The third-order valence-electron chi connectivity index (χ3n) is 3.25. The number of rotatable bonds is 3. The van der Waals surface area contributed by atoms with Crippen LogP contribution in [0.2, 0.25) is 0 Å². The molecule has 0 fully saturated rings. The van der Waals surface area contributed by atoms with Crippen LogP contribution in [0, 0.1) is 17.6 Å². The van der Waals surface area contributed by atoms with Gasteiger partial charge in [0.25, 0.3) is 0 Å². The molecule has 0 radical (unpaired) electrons. The zero-order chi connectivity index (χ0) is 15.7. The predicted molar refractivity (Wildman–Crippen MR) is 71.7 cm³/mol. The first kappa shape index (κ1) is 14.1. The second kappa shape index (κ2) is 5.51. The monoisotopic (exact) mass is 307 g/mol. The van der Waals surface area contributed by atoms with E-state index in [-0.39, 0.29) is 24.6 Å². The molecule has 114 valence electrons. The van der Waals surface area contributed by atoms with Crippen molar-refractivity contribution in [3.63, 3.8) is 0 Å². The summed E-state index contributed by atoms with van der Waals surface area (Å²) in [5, 5.41) is 8.88. The van der Waals surface area contributed by atoms with Crippen LogP contribution in [0.25, 0.3) is 0 Å². The summed E-state index contributed by atoms with van der Waals surface area (Å²) in [6, 6.07) is 3.04. The molecule has 2 aromatic rings. The molecule has 1 atom stereocenters. The summed E-state index contributed by atoms with van der Waals surface area (Å²) in [5.74, 6) is -3.14. The standard InChI is InChI=1S/C13H11F2N5O2/c14-9-2-1-8(4-10(9)15)18-11(21)3-7-5-20-13(16-6-17-20)19-12(7)22/h1-2,4,6-7H,3,5H2,(H,18,21)(H,16,17,19,22)/t7-/m1/s1. The van der Waals surface area contributed by atoms with Crippen molar-refractivity contribution in [2.45, 2.75) is 13.0 Å². The number of hydrogen-bond acceptors (Lipinski definition) is 4. The molecule has 1 aromatic carbocycles. The lowest BCUT2D eigenvalue weighted by molar-refractivity contribution is -0.125. The molecule has 0 saturated carbocycles. The molecule has 0 aliphatic carbocycles. The molecule has 2 amide bonds. The largest absolute Gasteiger partial charge is 0.326 e. The molecule has 9 heteroatoms.